The van der Waals surface area contributed by atoms with E-state index in [0.717, 1.165) is 22.3 Å². The number of hydrogen-bond donors (Lipinski definition) is 1. The maximum atomic E-state index is 5.57. The Kier molecular flexibility index (Phi) is 3.26. The number of ether oxygens (including phenoxy) is 1. The van der Waals surface area contributed by atoms with Gasteiger partial charge < -0.3 is 10.5 Å². The molecule has 0 aliphatic carbocycles. The zero-order valence-corrected chi connectivity index (χ0v) is 11.0. The van der Waals surface area contributed by atoms with E-state index in [0.29, 0.717) is 18.8 Å². The standard InChI is InChI=1S/C13H14N6O/c1-20-11-2-4-15-6-9(11)12-10-7-18-19(5-3-14)13(10)17-8-16-12/h2,4,6-8H,3,5,14H2,1H3. The molecular weight excluding hydrogens is 256 g/mol. The predicted molar refractivity (Wildman–Crippen MR) is 74.2 cm³/mol. The van der Waals surface area contributed by atoms with Crippen molar-refractivity contribution in [1.82, 2.24) is 24.7 Å². The predicted octanol–water partition coefficient (Wildman–Crippen LogP) is 0.856. The third-order valence-corrected chi connectivity index (χ3v) is 3.03. The number of nitrogens with two attached hydrogens (primary N) is 1. The molecule has 0 radical (unpaired) electrons. The Labute approximate surface area is 115 Å². The van der Waals surface area contributed by atoms with E-state index >= 15 is 0 Å². The smallest absolute Gasteiger partial charge is 0.161 e. The Balaban J connectivity index is 2.21. The van der Waals surface area contributed by atoms with E-state index in [4.69, 9.17) is 10.5 Å². The molecule has 0 bridgehead atoms. The van der Waals surface area contributed by atoms with Crippen LogP contribution >= 0.6 is 0 Å². The number of methoxy groups -OCH3 is 1. The molecule has 0 spiro atoms. The molecule has 7 nitrogen and oxygen atoms in total. The molecule has 3 aromatic rings. The van der Waals surface area contributed by atoms with Crippen LogP contribution in [0.25, 0.3) is 22.3 Å². The fraction of sp³-hybridized carbons (Fsp3) is 0.231. The van der Waals surface area contributed by atoms with Crippen LogP contribution in [-0.4, -0.2) is 38.4 Å². The highest BCUT2D eigenvalue weighted by atomic mass is 16.5. The van der Waals surface area contributed by atoms with Crippen molar-refractivity contribution in [2.75, 3.05) is 13.7 Å². The zero-order valence-electron chi connectivity index (χ0n) is 11.0. The number of aromatic nitrogens is 5. The average molecular weight is 270 g/mol. The van der Waals surface area contributed by atoms with Gasteiger partial charge in [-0.3, -0.25) is 4.98 Å². The molecule has 0 amide bonds. The number of hydrogen-bond acceptors (Lipinski definition) is 6. The molecule has 0 saturated heterocycles. The second-order valence-electron chi connectivity index (χ2n) is 4.19. The molecule has 0 saturated carbocycles. The molecule has 3 heterocycles. The van der Waals surface area contributed by atoms with Crippen LogP contribution in [0.1, 0.15) is 0 Å². The van der Waals surface area contributed by atoms with Crippen molar-refractivity contribution in [2.45, 2.75) is 6.54 Å². The van der Waals surface area contributed by atoms with Crippen molar-refractivity contribution in [3.8, 4) is 17.0 Å². The number of rotatable bonds is 4. The summed E-state index contributed by atoms with van der Waals surface area (Å²) >= 11 is 0. The van der Waals surface area contributed by atoms with Gasteiger partial charge in [0.15, 0.2) is 5.65 Å². The van der Waals surface area contributed by atoms with Gasteiger partial charge in [-0.15, -0.1) is 0 Å². The molecule has 102 valence electrons. The second-order valence-corrected chi connectivity index (χ2v) is 4.19. The van der Waals surface area contributed by atoms with Gasteiger partial charge in [0.05, 0.1) is 36.5 Å². The summed E-state index contributed by atoms with van der Waals surface area (Å²) in [5.41, 5.74) is 7.89. The molecule has 3 aromatic heterocycles. The van der Waals surface area contributed by atoms with Gasteiger partial charge in [-0.05, 0) is 6.07 Å². The van der Waals surface area contributed by atoms with E-state index in [1.807, 2.05) is 0 Å². The van der Waals surface area contributed by atoms with Gasteiger partial charge in [-0.25, -0.2) is 14.6 Å². The van der Waals surface area contributed by atoms with Crippen molar-refractivity contribution in [1.29, 1.82) is 0 Å². The summed E-state index contributed by atoms with van der Waals surface area (Å²) in [6.45, 7) is 1.12. The van der Waals surface area contributed by atoms with Crippen LogP contribution < -0.4 is 10.5 Å². The maximum absolute atomic E-state index is 5.57. The van der Waals surface area contributed by atoms with Gasteiger partial charge in [0.2, 0.25) is 0 Å². The van der Waals surface area contributed by atoms with Crippen molar-refractivity contribution in [2.24, 2.45) is 5.73 Å². The van der Waals surface area contributed by atoms with Crippen molar-refractivity contribution < 1.29 is 4.74 Å². The summed E-state index contributed by atoms with van der Waals surface area (Å²) in [5.74, 6) is 0.714. The van der Waals surface area contributed by atoms with E-state index in [-0.39, 0.29) is 0 Å². The van der Waals surface area contributed by atoms with Crippen LogP contribution in [0.5, 0.6) is 5.75 Å². The summed E-state index contributed by atoms with van der Waals surface area (Å²) in [5, 5.41) is 5.15. The summed E-state index contributed by atoms with van der Waals surface area (Å²) in [7, 11) is 1.62. The molecule has 0 aliphatic heterocycles. The maximum Gasteiger partial charge on any atom is 0.161 e. The van der Waals surface area contributed by atoms with Gasteiger partial charge in [0.1, 0.15) is 12.1 Å². The van der Waals surface area contributed by atoms with Gasteiger partial charge in [0.25, 0.3) is 0 Å². The minimum atomic E-state index is 0.506. The highest BCUT2D eigenvalue weighted by molar-refractivity contribution is 5.91. The molecule has 3 rings (SSSR count). The second kappa shape index (κ2) is 5.22. The summed E-state index contributed by atoms with van der Waals surface area (Å²) in [4.78, 5) is 12.7. The quantitative estimate of drug-likeness (QED) is 0.755. The van der Waals surface area contributed by atoms with E-state index in [2.05, 4.69) is 20.1 Å². The first-order valence-corrected chi connectivity index (χ1v) is 6.20. The van der Waals surface area contributed by atoms with Crippen molar-refractivity contribution in [3.63, 3.8) is 0 Å². The first-order valence-electron chi connectivity index (χ1n) is 6.20. The summed E-state index contributed by atoms with van der Waals surface area (Å²) in [6.07, 6.45) is 6.66. The third kappa shape index (κ3) is 1.97. The Morgan fingerprint density at radius 1 is 1.30 bits per heavy atom. The minimum absolute atomic E-state index is 0.506. The van der Waals surface area contributed by atoms with Crippen LogP contribution in [-0.2, 0) is 6.54 Å². The third-order valence-electron chi connectivity index (χ3n) is 3.03. The Bertz CT molecular complexity index is 739. The lowest BCUT2D eigenvalue weighted by molar-refractivity contribution is 0.416. The first-order chi connectivity index (χ1) is 9.85. The van der Waals surface area contributed by atoms with Crippen LogP contribution in [0.3, 0.4) is 0 Å². The lowest BCUT2D eigenvalue weighted by Crippen LogP contribution is -2.11. The van der Waals surface area contributed by atoms with E-state index in [1.54, 1.807) is 36.4 Å². The normalized spacial score (nSPS) is 10.9. The molecular formula is C13H14N6O. The first kappa shape index (κ1) is 12.5. The van der Waals surface area contributed by atoms with E-state index in [9.17, 15) is 0 Å². The van der Waals surface area contributed by atoms with Crippen LogP contribution in [0.15, 0.2) is 31.0 Å². The Morgan fingerprint density at radius 3 is 3.00 bits per heavy atom. The molecule has 0 atom stereocenters. The van der Waals surface area contributed by atoms with E-state index < -0.39 is 0 Å². The lowest BCUT2D eigenvalue weighted by atomic mass is 10.1. The van der Waals surface area contributed by atoms with Gasteiger partial charge in [0, 0.05) is 18.9 Å². The lowest BCUT2D eigenvalue weighted by Gasteiger charge is -2.07. The Hall–Kier alpha value is -2.54. The Morgan fingerprint density at radius 2 is 2.20 bits per heavy atom. The SMILES string of the molecule is COc1ccncc1-c1ncnc2c1cnn2CCN. The highest BCUT2D eigenvalue weighted by Crippen LogP contribution is 2.31. The van der Waals surface area contributed by atoms with Gasteiger partial charge >= 0.3 is 0 Å². The number of nitrogens with zero attached hydrogens (tertiary/aromatic N) is 5. The van der Waals surface area contributed by atoms with Crippen molar-refractivity contribution >= 4 is 11.0 Å². The van der Waals surface area contributed by atoms with Gasteiger partial charge in [-0.1, -0.05) is 0 Å². The van der Waals surface area contributed by atoms with Gasteiger partial charge in [-0.2, -0.15) is 5.10 Å². The molecule has 20 heavy (non-hydrogen) atoms. The summed E-state index contributed by atoms with van der Waals surface area (Å²) < 4.78 is 7.12. The molecule has 0 fully saturated rings. The fourth-order valence-corrected chi connectivity index (χ4v) is 2.13. The monoisotopic (exact) mass is 270 g/mol. The van der Waals surface area contributed by atoms with Crippen LogP contribution in [0, 0.1) is 0 Å². The highest BCUT2D eigenvalue weighted by Gasteiger charge is 2.14. The van der Waals surface area contributed by atoms with E-state index in [1.165, 1.54) is 6.33 Å². The molecule has 2 N–H and O–H groups in total. The zero-order chi connectivity index (χ0) is 13.9. The molecule has 0 aromatic carbocycles. The van der Waals surface area contributed by atoms with Crippen LogP contribution in [0.4, 0.5) is 0 Å². The fourth-order valence-electron chi connectivity index (χ4n) is 2.13. The summed E-state index contributed by atoms with van der Waals surface area (Å²) in [6, 6.07) is 1.80. The minimum Gasteiger partial charge on any atom is -0.496 e. The van der Waals surface area contributed by atoms with Crippen LogP contribution in [0.2, 0.25) is 0 Å². The molecule has 7 heteroatoms. The average Bonchev–Trinajstić information content (AvgIpc) is 2.91. The topological polar surface area (TPSA) is 91.7 Å². The van der Waals surface area contributed by atoms with Crippen molar-refractivity contribution in [3.05, 3.63) is 31.0 Å². The molecule has 0 aliphatic rings. The molecule has 0 unspecified atom stereocenters. The largest absolute Gasteiger partial charge is 0.496 e. The number of pyridine rings is 1. The number of fused-ring (bicyclic) bond motifs is 1.